The molecule has 1 aliphatic heterocycles. The lowest BCUT2D eigenvalue weighted by Gasteiger charge is -2.57. The van der Waals surface area contributed by atoms with E-state index < -0.39 is 24.4 Å². The fourth-order valence-corrected chi connectivity index (χ4v) is 7.40. The average Bonchev–Trinajstić information content (AvgIpc) is 2.61. The largest absolute Gasteiger partial charge is 0.395 e. The van der Waals surface area contributed by atoms with Gasteiger partial charge in [-0.05, 0) is 81.1 Å². The number of aliphatic hydroxyl groups excluding tert-OH is 4. The molecule has 5 heteroatoms. The molecule has 4 N–H and O–H groups in total. The molecule has 5 rings (SSSR count). The van der Waals surface area contributed by atoms with Gasteiger partial charge in [-0.2, -0.15) is 0 Å². The van der Waals surface area contributed by atoms with Gasteiger partial charge in [0.2, 0.25) is 0 Å². The highest BCUT2D eigenvalue weighted by Gasteiger charge is 2.50. The predicted octanol–water partition coefficient (Wildman–Crippen LogP) is 1.91. The van der Waals surface area contributed by atoms with Crippen molar-refractivity contribution < 1.29 is 20.4 Å². The van der Waals surface area contributed by atoms with Crippen molar-refractivity contribution in [2.45, 2.75) is 95.0 Å². The Kier molecular flexibility index (Phi) is 6.15. The van der Waals surface area contributed by atoms with Crippen LogP contribution in [0.15, 0.2) is 0 Å². The Hall–Kier alpha value is -0.200. The van der Waals surface area contributed by atoms with Gasteiger partial charge in [-0.1, -0.05) is 19.3 Å². The summed E-state index contributed by atoms with van der Waals surface area (Å²) >= 11 is 0. The second kappa shape index (κ2) is 8.27. The molecule has 4 aliphatic carbocycles. The first-order valence-corrected chi connectivity index (χ1v) is 11.4. The Balaban J connectivity index is 1.16. The summed E-state index contributed by atoms with van der Waals surface area (Å²) < 4.78 is 0. The average molecular weight is 382 g/mol. The second-order valence-electron chi connectivity index (χ2n) is 10.4. The summed E-state index contributed by atoms with van der Waals surface area (Å²) in [6, 6.07) is -0.463. The van der Waals surface area contributed by atoms with Crippen LogP contribution >= 0.6 is 0 Å². The van der Waals surface area contributed by atoms with Crippen LogP contribution in [0.1, 0.15) is 70.6 Å². The lowest BCUT2D eigenvalue weighted by atomic mass is 9.48. The number of hydrogen-bond acceptors (Lipinski definition) is 5. The van der Waals surface area contributed by atoms with Gasteiger partial charge in [-0.15, -0.1) is 0 Å². The highest BCUT2D eigenvalue weighted by molar-refractivity contribution is 5.01. The summed E-state index contributed by atoms with van der Waals surface area (Å²) in [5.74, 6) is 3.12. The summed E-state index contributed by atoms with van der Waals surface area (Å²) in [6.45, 7) is 0.914. The van der Waals surface area contributed by atoms with Crippen LogP contribution in [-0.2, 0) is 0 Å². The number of hydrogen-bond donors (Lipinski definition) is 4. The van der Waals surface area contributed by atoms with E-state index in [1.54, 1.807) is 0 Å². The molecule has 0 amide bonds. The van der Waals surface area contributed by atoms with Crippen molar-refractivity contribution in [1.29, 1.82) is 0 Å². The molecular formula is C22H39NO4. The molecule has 5 nitrogen and oxygen atoms in total. The number of unbranched alkanes of at least 4 members (excludes halogenated alkanes) is 3. The number of likely N-dealkylation sites (tertiary alicyclic amines) is 1. The maximum Gasteiger partial charge on any atom is 0.109 e. The Morgan fingerprint density at radius 3 is 1.96 bits per heavy atom. The summed E-state index contributed by atoms with van der Waals surface area (Å²) in [7, 11) is 0. The van der Waals surface area contributed by atoms with Crippen LogP contribution in [0.4, 0.5) is 0 Å². The van der Waals surface area contributed by atoms with Crippen LogP contribution in [0.25, 0.3) is 0 Å². The third kappa shape index (κ3) is 4.23. The molecular weight excluding hydrogens is 342 g/mol. The molecule has 4 bridgehead atoms. The number of β-amino-alcohol motifs (C(OH)–C–C–N with tert-alkyl or cyclic N) is 1. The minimum Gasteiger partial charge on any atom is -0.395 e. The van der Waals surface area contributed by atoms with E-state index in [4.69, 9.17) is 0 Å². The first-order chi connectivity index (χ1) is 13.0. The maximum atomic E-state index is 10.1. The normalized spacial score (nSPS) is 46.9. The summed E-state index contributed by atoms with van der Waals surface area (Å²) in [4.78, 5) is 1.95. The van der Waals surface area contributed by atoms with E-state index in [2.05, 4.69) is 0 Å². The smallest absolute Gasteiger partial charge is 0.109 e. The monoisotopic (exact) mass is 381 g/mol. The van der Waals surface area contributed by atoms with E-state index in [0.717, 1.165) is 37.1 Å². The highest BCUT2D eigenvalue weighted by atomic mass is 16.4. The second-order valence-corrected chi connectivity index (χ2v) is 10.4. The van der Waals surface area contributed by atoms with E-state index in [0.29, 0.717) is 12.0 Å². The van der Waals surface area contributed by atoms with Gasteiger partial charge >= 0.3 is 0 Å². The lowest BCUT2D eigenvalue weighted by molar-refractivity contribution is -0.145. The van der Waals surface area contributed by atoms with Gasteiger partial charge in [0.05, 0.1) is 18.8 Å². The van der Waals surface area contributed by atoms with E-state index in [-0.39, 0.29) is 6.61 Å². The van der Waals surface area contributed by atoms with Crippen LogP contribution in [-0.4, -0.2) is 69.4 Å². The molecule has 4 atom stereocenters. The first kappa shape index (κ1) is 20.1. The van der Waals surface area contributed by atoms with Crippen LogP contribution in [0.2, 0.25) is 0 Å². The topological polar surface area (TPSA) is 84.2 Å². The van der Waals surface area contributed by atoms with Crippen molar-refractivity contribution >= 4 is 0 Å². The molecule has 2 unspecified atom stereocenters. The van der Waals surface area contributed by atoms with Gasteiger partial charge in [0.1, 0.15) is 12.2 Å². The van der Waals surface area contributed by atoms with Crippen molar-refractivity contribution in [2.75, 3.05) is 19.7 Å². The Bertz CT molecular complexity index is 463. The highest BCUT2D eigenvalue weighted by Crippen LogP contribution is 2.61. The van der Waals surface area contributed by atoms with Gasteiger partial charge in [-0.3, -0.25) is 4.90 Å². The molecule has 0 aromatic rings. The standard InChI is InChI=1S/C22H39NO4/c24-14-18-20(26)21(27)19(25)13-23(18)6-4-2-1-3-5-22-10-15-7-16(11-22)9-17(8-15)12-22/h15-21,24-27H,1-14H2/t15?,16?,17?,18?,19-,20+,21?,22?/m0/s1. The fourth-order valence-electron chi connectivity index (χ4n) is 7.40. The molecule has 156 valence electrons. The zero-order chi connectivity index (χ0) is 19.0. The zero-order valence-corrected chi connectivity index (χ0v) is 16.7. The molecule has 27 heavy (non-hydrogen) atoms. The SMILES string of the molecule is OCC1[C@@H](O)C(O)[C@@H](O)CN1CCCCCCC12CC3CC(CC(C3)C1)C2. The van der Waals surface area contributed by atoms with Crippen LogP contribution < -0.4 is 0 Å². The summed E-state index contributed by atoms with van der Waals surface area (Å²) in [5.41, 5.74) is 0.688. The van der Waals surface area contributed by atoms with E-state index in [9.17, 15) is 20.4 Å². The summed E-state index contributed by atoms with van der Waals surface area (Å²) in [6.07, 6.45) is 12.1. The Labute approximate surface area is 163 Å². The molecule has 1 heterocycles. The number of nitrogens with zero attached hydrogens (tertiary/aromatic N) is 1. The molecule has 0 aromatic carbocycles. The third-order valence-electron chi connectivity index (χ3n) is 8.28. The van der Waals surface area contributed by atoms with Crippen LogP contribution in [0.3, 0.4) is 0 Å². The van der Waals surface area contributed by atoms with Gasteiger partial charge in [-0.25, -0.2) is 0 Å². The van der Waals surface area contributed by atoms with Crippen molar-refractivity contribution in [1.82, 2.24) is 4.90 Å². The van der Waals surface area contributed by atoms with Crippen molar-refractivity contribution in [3.8, 4) is 0 Å². The minimum atomic E-state index is -1.15. The number of piperidine rings is 1. The van der Waals surface area contributed by atoms with Crippen molar-refractivity contribution in [3.63, 3.8) is 0 Å². The van der Waals surface area contributed by atoms with Gasteiger partial charge < -0.3 is 20.4 Å². The zero-order valence-electron chi connectivity index (χ0n) is 16.7. The van der Waals surface area contributed by atoms with Crippen LogP contribution in [0.5, 0.6) is 0 Å². The van der Waals surface area contributed by atoms with Crippen molar-refractivity contribution in [3.05, 3.63) is 0 Å². The van der Waals surface area contributed by atoms with E-state index in [1.807, 2.05) is 4.90 Å². The molecule has 0 spiro atoms. The lowest BCUT2D eigenvalue weighted by Crippen LogP contribution is -2.62. The van der Waals surface area contributed by atoms with Crippen LogP contribution in [0, 0.1) is 23.2 Å². The molecule has 0 radical (unpaired) electrons. The van der Waals surface area contributed by atoms with Gasteiger partial charge in [0, 0.05) is 6.54 Å². The fraction of sp³-hybridized carbons (Fsp3) is 1.00. The number of rotatable bonds is 8. The Morgan fingerprint density at radius 1 is 0.778 bits per heavy atom. The predicted molar refractivity (Wildman–Crippen MR) is 104 cm³/mol. The molecule has 5 aliphatic rings. The first-order valence-electron chi connectivity index (χ1n) is 11.4. The van der Waals surface area contributed by atoms with Gasteiger partial charge in [0.15, 0.2) is 0 Å². The van der Waals surface area contributed by atoms with E-state index in [1.165, 1.54) is 57.8 Å². The number of aliphatic hydroxyl groups is 4. The maximum absolute atomic E-state index is 10.1. The Morgan fingerprint density at radius 2 is 1.37 bits per heavy atom. The molecule has 5 fully saturated rings. The quantitative estimate of drug-likeness (QED) is 0.483. The molecule has 0 aromatic heterocycles. The summed E-state index contributed by atoms with van der Waals surface area (Å²) in [5, 5.41) is 39.3. The third-order valence-corrected chi connectivity index (χ3v) is 8.28. The van der Waals surface area contributed by atoms with Gasteiger partial charge in [0.25, 0.3) is 0 Å². The van der Waals surface area contributed by atoms with Crippen molar-refractivity contribution in [2.24, 2.45) is 23.2 Å². The molecule has 4 saturated carbocycles. The van der Waals surface area contributed by atoms with E-state index >= 15 is 0 Å². The molecule has 1 saturated heterocycles. The minimum absolute atomic E-state index is 0.184.